The Balaban J connectivity index is 1.58. The van der Waals surface area contributed by atoms with Crippen molar-refractivity contribution in [3.63, 3.8) is 0 Å². The van der Waals surface area contributed by atoms with Gasteiger partial charge in [-0.1, -0.05) is 24.3 Å². The second-order valence-corrected chi connectivity index (χ2v) is 6.58. The molecule has 0 spiro atoms. The molecule has 0 aliphatic heterocycles. The van der Waals surface area contributed by atoms with E-state index in [1.54, 1.807) is 30.1 Å². The van der Waals surface area contributed by atoms with Crippen molar-refractivity contribution in [1.82, 2.24) is 9.78 Å². The highest BCUT2D eigenvalue weighted by atomic mass is 16.5. The molecule has 6 nitrogen and oxygen atoms in total. The number of rotatable bonds is 10. The summed E-state index contributed by atoms with van der Waals surface area (Å²) in [6.45, 7) is 5.46. The molecule has 30 heavy (non-hydrogen) atoms. The van der Waals surface area contributed by atoms with Crippen LogP contribution in [0, 0.1) is 0 Å². The summed E-state index contributed by atoms with van der Waals surface area (Å²) >= 11 is 0. The summed E-state index contributed by atoms with van der Waals surface area (Å²) < 4.78 is 18.7. The van der Waals surface area contributed by atoms with Gasteiger partial charge in [0.25, 0.3) is 0 Å². The summed E-state index contributed by atoms with van der Waals surface area (Å²) in [6, 6.07) is 15.1. The number of benzene rings is 2. The maximum atomic E-state index is 12.1. The van der Waals surface area contributed by atoms with E-state index >= 15 is 0 Å². The molecule has 0 saturated heterocycles. The molecule has 3 rings (SSSR count). The number of nitrogens with zero attached hydrogens (tertiary/aromatic N) is 2. The van der Waals surface area contributed by atoms with Gasteiger partial charge in [0.15, 0.2) is 11.5 Å². The molecule has 0 fully saturated rings. The minimum absolute atomic E-state index is 0.128. The third-order valence-electron chi connectivity index (χ3n) is 4.29. The summed E-state index contributed by atoms with van der Waals surface area (Å²) in [5.74, 6) is 2.07. The van der Waals surface area contributed by atoms with Crippen LogP contribution in [0.15, 0.2) is 60.8 Å². The van der Waals surface area contributed by atoms with Crippen LogP contribution in [0.3, 0.4) is 0 Å². The lowest BCUT2D eigenvalue weighted by molar-refractivity contribution is 0.104. The molecular weight excluding hydrogens is 380 g/mol. The molecule has 0 atom stereocenters. The van der Waals surface area contributed by atoms with Gasteiger partial charge in [-0.3, -0.25) is 9.48 Å². The molecule has 0 aliphatic carbocycles. The molecule has 0 unspecified atom stereocenters. The van der Waals surface area contributed by atoms with Gasteiger partial charge in [-0.25, -0.2) is 0 Å². The fourth-order valence-corrected chi connectivity index (χ4v) is 2.83. The summed E-state index contributed by atoms with van der Waals surface area (Å²) in [5, 5.41) is 4.10. The zero-order chi connectivity index (χ0) is 21.3. The third kappa shape index (κ3) is 5.73. The van der Waals surface area contributed by atoms with Crippen molar-refractivity contribution in [2.24, 2.45) is 7.05 Å². The number of carbonyl (C=O) groups is 1. The van der Waals surface area contributed by atoms with Crippen LogP contribution in [-0.2, 0) is 13.7 Å². The van der Waals surface area contributed by atoms with Gasteiger partial charge < -0.3 is 14.2 Å². The molecule has 1 heterocycles. The second-order valence-electron chi connectivity index (χ2n) is 6.58. The van der Waals surface area contributed by atoms with E-state index in [1.807, 2.05) is 56.3 Å². The highest BCUT2D eigenvalue weighted by molar-refractivity contribution is 6.05. The predicted molar refractivity (Wildman–Crippen MR) is 116 cm³/mol. The quantitative estimate of drug-likeness (QED) is 0.361. The Kier molecular flexibility index (Phi) is 7.27. The number of ether oxygens (including phenoxy) is 3. The minimum atomic E-state index is -0.128. The Hall–Kier alpha value is -3.54. The first-order chi connectivity index (χ1) is 14.6. The smallest absolute Gasteiger partial charge is 0.206 e. The Morgan fingerprint density at radius 1 is 0.967 bits per heavy atom. The fourth-order valence-electron chi connectivity index (χ4n) is 2.83. The zero-order valence-electron chi connectivity index (χ0n) is 17.5. The molecule has 6 heteroatoms. The Morgan fingerprint density at radius 2 is 1.70 bits per heavy atom. The van der Waals surface area contributed by atoms with Crippen molar-refractivity contribution < 1.29 is 19.0 Å². The Bertz CT molecular complexity index is 1010. The van der Waals surface area contributed by atoms with Gasteiger partial charge in [0.1, 0.15) is 18.1 Å². The van der Waals surface area contributed by atoms with E-state index in [0.29, 0.717) is 25.5 Å². The number of carbonyl (C=O) groups excluding carboxylic acids is 1. The zero-order valence-corrected chi connectivity index (χ0v) is 17.5. The second kappa shape index (κ2) is 10.3. The number of hydrogen-bond donors (Lipinski definition) is 0. The average molecular weight is 406 g/mol. The first-order valence-electron chi connectivity index (χ1n) is 9.92. The summed E-state index contributed by atoms with van der Waals surface area (Å²) in [5.41, 5.74) is 2.33. The minimum Gasteiger partial charge on any atom is -0.490 e. The van der Waals surface area contributed by atoms with Crippen molar-refractivity contribution in [2.45, 2.75) is 20.5 Å². The highest BCUT2D eigenvalue weighted by Gasteiger charge is 2.07. The van der Waals surface area contributed by atoms with Crippen molar-refractivity contribution in [3.05, 3.63) is 77.6 Å². The van der Waals surface area contributed by atoms with Crippen LogP contribution in [0.4, 0.5) is 0 Å². The van der Waals surface area contributed by atoms with Crippen molar-refractivity contribution in [3.8, 4) is 17.2 Å². The van der Waals surface area contributed by atoms with E-state index in [1.165, 1.54) is 6.08 Å². The van der Waals surface area contributed by atoms with Gasteiger partial charge in [0, 0.05) is 13.2 Å². The van der Waals surface area contributed by atoms with Crippen molar-refractivity contribution in [1.29, 1.82) is 0 Å². The summed E-state index contributed by atoms with van der Waals surface area (Å²) in [6.07, 6.45) is 5.03. The molecule has 0 N–H and O–H groups in total. The SMILES string of the molecule is CCOc1ccc(COc2ccc(/C=C/C(=O)c3ccn(C)n3)cc2)cc1OCC. The lowest BCUT2D eigenvalue weighted by atomic mass is 10.1. The number of aryl methyl sites for hydroxylation is 1. The van der Waals surface area contributed by atoms with Gasteiger partial charge in [-0.2, -0.15) is 5.10 Å². The molecule has 156 valence electrons. The largest absolute Gasteiger partial charge is 0.490 e. The molecule has 0 bridgehead atoms. The number of hydrogen-bond acceptors (Lipinski definition) is 5. The monoisotopic (exact) mass is 406 g/mol. The van der Waals surface area contributed by atoms with Gasteiger partial charge in [-0.15, -0.1) is 0 Å². The average Bonchev–Trinajstić information content (AvgIpc) is 3.19. The van der Waals surface area contributed by atoms with Gasteiger partial charge in [0.2, 0.25) is 5.78 Å². The van der Waals surface area contributed by atoms with E-state index in [-0.39, 0.29) is 5.78 Å². The molecule has 0 radical (unpaired) electrons. The first kappa shape index (κ1) is 21.2. The lowest BCUT2D eigenvalue weighted by Gasteiger charge is -2.13. The molecular formula is C24H26N2O4. The molecule has 2 aromatic carbocycles. The number of allylic oxidation sites excluding steroid dienone is 1. The van der Waals surface area contributed by atoms with Crippen LogP contribution in [0.1, 0.15) is 35.5 Å². The highest BCUT2D eigenvalue weighted by Crippen LogP contribution is 2.29. The Labute approximate surface area is 176 Å². The number of aromatic nitrogens is 2. The summed E-state index contributed by atoms with van der Waals surface area (Å²) in [4.78, 5) is 12.1. The predicted octanol–water partition coefficient (Wildman–Crippen LogP) is 4.69. The van der Waals surface area contributed by atoms with E-state index in [4.69, 9.17) is 14.2 Å². The van der Waals surface area contributed by atoms with E-state index in [2.05, 4.69) is 5.10 Å². The lowest BCUT2D eigenvalue weighted by Crippen LogP contribution is -2.01. The molecule has 0 aliphatic rings. The van der Waals surface area contributed by atoms with Crippen LogP contribution < -0.4 is 14.2 Å². The molecule has 3 aromatic rings. The van der Waals surface area contributed by atoms with Gasteiger partial charge in [0.05, 0.1) is 13.2 Å². The molecule has 0 saturated carbocycles. The van der Waals surface area contributed by atoms with E-state index in [9.17, 15) is 4.79 Å². The fraction of sp³-hybridized carbons (Fsp3) is 0.250. The van der Waals surface area contributed by atoms with Gasteiger partial charge in [-0.05, 0) is 61.4 Å². The van der Waals surface area contributed by atoms with Crippen molar-refractivity contribution >= 4 is 11.9 Å². The maximum absolute atomic E-state index is 12.1. The van der Waals surface area contributed by atoms with Crippen LogP contribution in [-0.4, -0.2) is 28.8 Å². The van der Waals surface area contributed by atoms with Crippen LogP contribution in [0.2, 0.25) is 0 Å². The van der Waals surface area contributed by atoms with Gasteiger partial charge >= 0.3 is 0 Å². The van der Waals surface area contributed by atoms with E-state index < -0.39 is 0 Å². The van der Waals surface area contributed by atoms with Crippen molar-refractivity contribution in [2.75, 3.05) is 13.2 Å². The summed E-state index contributed by atoms with van der Waals surface area (Å²) in [7, 11) is 1.78. The van der Waals surface area contributed by atoms with E-state index in [0.717, 1.165) is 28.4 Å². The Morgan fingerprint density at radius 3 is 2.37 bits per heavy atom. The molecule has 0 amide bonds. The standard InChI is InChI=1S/C24H26N2O4/c1-4-28-23-13-9-19(16-24(23)29-5-2)17-30-20-10-6-18(7-11-20)8-12-22(27)21-14-15-26(3)25-21/h6-16H,4-5,17H2,1-3H3/b12-8+. The topological polar surface area (TPSA) is 62.6 Å². The normalized spacial score (nSPS) is 10.9. The number of ketones is 1. The van der Waals surface area contributed by atoms with Crippen LogP contribution in [0.5, 0.6) is 17.2 Å². The molecule has 1 aromatic heterocycles. The van der Waals surface area contributed by atoms with Crippen LogP contribution >= 0.6 is 0 Å². The van der Waals surface area contributed by atoms with Crippen LogP contribution in [0.25, 0.3) is 6.08 Å². The first-order valence-corrected chi connectivity index (χ1v) is 9.92. The maximum Gasteiger partial charge on any atom is 0.206 e. The third-order valence-corrected chi connectivity index (χ3v) is 4.29.